The summed E-state index contributed by atoms with van der Waals surface area (Å²) >= 11 is 1.40. The van der Waals surface area contributed by atoms with Crippen LogP contribution in [-0.4, -0.2) is 36.6 Å². The van der Waals surface area contributed by atoms with Gasteiger partial charge in [0.05, 0.1) is 18.0 Å². The second-order valence-corrected chi connectivity index (χ2v) is 6.32. The molecule has 104 valence electrons. The Kier molecular flexibility index (Phi) is 4.21. The number of aryl methyl sites for hydroxylation is 1. The normalized spacial score (nSPS) is 15.9. The molecule has 6 heteroatoms. The standard InChI is InChI=1S/C13H18N2O3S/c1-9-2-3-10(19-9)12(18)14-6-11(17)15-7-13(8-16)4-5-13/h2-3,16H,4-8H2,1H3,(H,14,18)(H,15,17). The second kappa shape index (κ2) is 5.71. The number of carbonyl (C=O) groups excluding carboxylic acids is 2. The van der Waals surface area contributed by atoms with Crippen molar-refractivity contribution in [3.8, 4) is 0 Å². The number of carbonyl (C=O) groups is 2. The summed E-state index contributed by atoms with van der Waals surface area (Å²) in [6, 6.07) is 3.62. The fraction of sp³-hybridized carbons (Fsp3) is 0.538. The summed E-state index contributed by atoms with van der Waals surface area (Å²) in [5.41, 5.74) is -0.107. The van der Waals surface area contributed by atoms with Gasteiger partial charge in [0.2, 0.25) is 5.91 Å². The minimum atomic E-state index is -0.225. The molecular formula is C13H18N2O3S. The molecule has 0 bridgehead atoms. The first-order chi connectivity index (χ1) is 9.04. The summed E-state index contributed by atoms with van der Waals surface area (Å²) in [5, 5.41) is 14.4. The molecule has 0 radical (unpaired) electrons. The Morgan fingerprint density at radius 1 is 1.37 bits per heavy atom. The van der Waals surface area contributed by atoms with Crippen molar-refractivity contribution in [2.45, 2.75) is 19.8 Å². The van der Waals surface area contributed by atoms with E-state index in [1.54, 1.807) is 6.07 Å². The lowest BCUT2D eigenvalue weighted by Gasteiger charge is -2.12. The van der Waals surface area contributed by atoms with Crippen LogP contribution in [0.3, 0.4) is 0 Å². The van der Waals surface area contributed by atoms with Gasteiger partial charge in [0.1, 0.15) is 0 Å². The molecule has 1 aliphatic carbocycles. The SMILES string of the molecule is Cc1ccc(C(=O)NCC(=O)NCC2(CO)CC2)s1. The third kappa shape index (κ3) is 3.78. The maximum absolute atomic E-state index is 11.7. The van der Waals surface area contributed by atoms with Gasteiger partial charge in [-0.2, -0.15) is 0 Å². The van der Waals surface area contributed by atoms with Crippen LogP contribution in [0, 0.1) is 12.3 Å². The van der Waals surface area contributed by atoms with E-state index in [1.165, 1.54) is 11.3 Å². The highest BCUT2D eigenvalue weighted by Crippen LogP contribution is 2.44. The Balaban J connectivity index is 1.70. The van der Waals surface area contributed by atoms with Gasteiger partial charge in [-0.25, -0.2) is 0 Å². The number of amides is 2. The van der Waals surface area contributed by atoms with Gasteiger partial charge in [0.15, 0.2) is 0 Å². The highest BCUT2D eigenvalue weighted by molar-refractivity contribution is 7.13. The number of thiophene rings is 1. The van der Waals surface area contributed by atoms with Crippen molar-refractivity contribution < 1.29 is 14.7 Å². The predicted molar refractivity (Wildman–Crippen MR) is 73.2 cm³/mol. The van der Waals surface area contributed by atoms with Crippen molar-refractivity contribution in [3.05, 3.63) is 21.9 Å². The van der Waals surface area contributed by atoms with Crippen molar-refractivity contribution in [3.63, 3.8) is 0 Å². The molecule has 1 heterocycles. The Labute approximate surface area is 116 Å². The number of rotatable bonds is 6. The Bertz CT molecular complexity index is 480. The first-order valence-electron chi connectivity index (χ1n) is 6.27. The molecule has 0 saturated heterocycles. The van der Waals surface area contributed by atoms with E-state index in [2.05, 4.69) is 10.6 Å². The van der Waals surface area contributed by atoms with E-state index in [9.17, 15) is 9.59 Å². The minimum Gasteiger partial charge on any atom is -0.396 e. The number of hydrogen-bond donors (Lipinski definition) is 3. The molecule has 0 spiro atoms. The molecular weight excluding hydrogens is 264 g/mol. The summed E-state index contributed by atoms with van der Waals surface area (Å²) in [6.45, 7) is 2.49. The predicted octanol–water partition coefficient (Wildman–Crippen LogP) is 0.675. The smallest absolute Gasteiger partial charge is 0.261 e. The van der Waals surface area contributed by atoms with Crippen molar-refractivity contribution >= 4 is 23.2 Å². The van der Waals surface area contributed by atoms with E-state index in [1.807, 2.05) is 13.0 Å². The van der Waals surface area contributed by atoms with Crippen LogP contribution < -0.4 is 10.6 Å². The lowest BCUT2D eigenvalue weighted by atomic mass is 10.1. The van der Waals surface area contributed by atoms with Gasteiger partial charge >= 0.3 is 0 Å². The molecule has 2 rings (SSSR count). The molecule has 1 aliphatic rings. The van der Waals surface area contributed by atoms with Gasteiger partial charge in [-0.1, -0.05) is 0 Å². The fourth-order valence-electron chi connectivity index (χ4n) is 1.72. The lowest BCUT2D eigenvalue weighted by Crippen LogP contribution is -2.39. The zero-order chi connectivity index (χ0) is 13.9. The van der Waals surface area contributed by atoms with Crippen LogP contribution in [0.25, 0.3) is 0 Å². The summed E-state index contributed by atoms with van der Waals surface area (Å²) in [7, 11) is 0. The quantitative estimate of drug-likeness (QED) is 0.718. The zero-order valence-electron chi connectivity index (χ0n) is 10.9. The molecule has 1 aromatic heterocycles. The summed E-state index contributed by atoms with van der Waals surface area (Å²) in [4.78, 5) is 25.0. The average Bonchev–Trinajstić information content (AvgIpc) is 3.07. The van der Waals surface area contributed by atoms with Crippen LogP contribution in [0.5, 0.6) is 0 Å². The molecule has 3 N–H and O–H groups in total. The van der Waals surface area contributed by atoms with Gasteiger partial charge in [0, 0.05) is 16.8 Å². The maximum Gasteiger partial charge on any atom is 0.261 e. The molecule has 0 aromatic carbocycles. The second-order valence-electron chi connectivity index (χ2n) is 5.03. The van der Waals surface area contributed by atoms with Crippen molar-refractivity contribution in [1.82, 2.24) is 10.6 Å². The highest BCUT2D eigenvalue weighted by Gasteiger charge is 2.41. The number of hydrogen-bond acceptors (Lipinski definition) is 4. The lowest BCUT2D eigenvalue weighted by molar-refractivity contribution is -0.120. The Morgan fingerprint density at radius 2 is 2.11 bits per heavy atom. The van der Waals surface area contributed by atoms with Crippen molar-refractivity contribution in [1.29, 1.82) is 0 Å². The molecule has 5 nitrogen and oxygen atoms in total. The van der Waals surface area contributed by atoms with E-state index < -0.39 is 0 Å². The highest BCUT2D eigenvalue weighted by atomic mass is 32.1. The van der Waals surface area contributed by atoms with Gasteiger partial charge in [-0.05, 0) is 31.9 Å². The van der Waals surface area contributed by atoms with E-state index >= 15 is 0 Å². The monoisotopic (exact) mass is 282 g/mol. The summed E-state index contributed by atoms with van der Waals surface area (Å²) in [5.74, 6) is -0.446. The Morgan fingerprint density at radius 3 is 2.63 bits per heavy atom. The van der Waals surface area contributed by atoms with E-state index in [0.717, 1.165) is 17.7 Å². The Hall–Kier alpha value is -1.40. The van der Waals surface area contributed by atoms with Crippen LogP contribution in [0.15, 0.2) is 12.1 Å². The molecule has 0 unspecified atom stereocenters. The third-order valence-corrected chi connectivity index (χ3v) is 4.33. The molecule has 0 aliphatic heterocycles. The molecule has 2 amide bonds. The number of aliphatic hydroxyl groups is 1. The third-order valence-electron chi connectivity index (χ3n) is 3.33. The zero-order valence-corrected chi connectivity index (χ0v) is 11.7. The molecule has 0 atom stereocenters. The first-order valence-corrected chi connectivity index (χ1v) is 7.08. The summed E-state index contributed by atoms with van der Waals surface area (Å²) in [6.07, 6.45) is 1.90. The maximum atomic E-state index is 11.7. The van der Waals surface area contributed by atoms with Crippen LogP contribution in [0.4, 0.5) is 0 Å². The van der Waals surface area contributed by atoms with E-state index in [0.29, 0.717) is 11.4 Å². The van der Waals surface area contributed by atoms with Gasteiger partial charge < -0.3 is 15.7 Å². The molecule has 1 saturated carbocycles. The van der Waals surface area contributed by atoms with Crippen LogP contribution in [0.1, 0.15) is 27.4 Å². The van der Waals surface area contributed by atoms with Gasteiger partial charge in [0.25, 0.3) is 5.91 Å². The van der Waals surface area contributed by atoms with Gasteiger partial charge in [-0.3, -0.25) is 9.59 Å². The van der Waals surface area contributed by atoms with E-state index in [-0.39, 0.29) is 30.4 Å². The number of aliphatic hydroxyl groups excluding tert-OH is 1. The average molecular weight is 282 g/mol. The fourth-order valence-corrected chi connectivity index (χ4v) is 2.50. The van der Waals surface area contributed by atoms with E-state index in [4.69, 9.17) is 5.11 Å². The number of nitrogens with one attached hydrogen (secondary N) is 2. The molecule has 1 aromatic rings. The minimum absolute atomic E-state index is 0.0305. The van der Waals surface area contributed by atoms with Crippen molar-refractivity contribution in [2.24, 2.45) is 5.41 Å². The largest absolute Gasteiger partial charge is 0.396 e. The van der Waals surface area contributed by atoms with Crippen LogP contribution in [-0.2, 0) is 4.79 Å². The topological polar surface area (TPSA) is 78.4 Å². The van der Waals surface area contributed by atoms with Gasteiger partial charge in [-0.15, -0.1) is 11.3 Å². The summed E-state index contributed by atoms with van der Waals surface area (Å²) < 4.78 is 0. The molecule has 19 heavy (non-hydrogen) atoms. The van der Waals surface area contributed by atoms with Crippen LogP contribution >= 0.6 is 11.3 Å². The molecule has 1 fully saturated rings. The van der Waals surface area contributed by atoms with Crippen LogP contribution in [0.2, 0.25) is 0 Å². The van der Waals surface area contributed by atoms with Crippen molar-refractivity contribution in [2.75, 3.05) is 19.7 Å². The first kappa shape index (κ1) is 14.0.